The van der Waals surface area contributed by atoms with Crippen LogP contribution >= 0.6 is 11.8 Å². The number of sulfonamides is 1. The predicted molar refractivity (Wildman–Crippen MR) is 93.6 cm³/mol. The van der Waals surface area contributed by atoms with Crippen LogP contribution in [0.15, 0.2) is 53.6 Å². The molecule has 2 atom stereocenters. The van der Waals surface area contributed by atoms with E-state index in [1.165, 1.54) is 0 Å². The molecule has 0 radical (unpaired) electrons. The number of aromatic amines is 1. The molecular weight excluding hydrogens is 328 g/mol. The van der Waals surface area contributed by atoms with Gasteiger partial charge in [-0.25, -0.2) is 8.42 Å². The Morgan fingerprint density at radius 1 is 1.04 bits per heavy atom. The molecule has 2 aliphatic rings. The highest BCUT2D eigenvalue weighted by molar-refractivity contribution is 8.01. The quantitative estimate of drug-likeness (QED) is 0.657. The van der Waals surface area contributed by atoms with Crippen molar-refractivity contribution in [2.75, 3.05) is 10.5 Å². The Hall–Kier alpha value is -1.92. The second kappa shape index (κ2) is 4.55. The maximum atomic E-state index is 12.7. The first-order chi connectivity index (χ1) is 11.1. The minimum Gasteiger partial charge on any atom is -0.349 e. The third kappa shape index (κ3) is 1.82. The average molecular weight is 342 g/mol. The fourth-order valence-electron chi connectivity index (χ4n) is 3.72. The number of H-pyrrole nitrogens is 1. The smallest absolute Gasteiger partial charge is 0.237 e. The molecule has 0 amide bonds. The van der Waals surface area contributed by atoms with Crippen LogP contribution < -0.4 is 4.72 Å². The van der Waals surface area contributed by atoms with Crippen LogP contribution in [0.4, 0.5) is 5.69 Å². The SMILES string of the molecule is O=S1(=O)Nc2ccccc2C2c3c([nH]c4ccccc34)SCC21. The second-order valence-corrected chi connectivity index (χ2v) is 8.90. The van der Waals surface area contributed by atoms with Crippen LogP contribution in [0.5, 0.6) is 0 Å². The first-order valence-corrected chi connectivity index (χ1v) is 10.0. The molecule has 0 aliphatic carbocycles. The zero-order valence-corrected chi connectivity index (χ0v) is 13.7. The highest BCUT2D eigenvalue weighted by atomic mass is 32.2. The summed E-state index contributed by atoms with van der Waals surface area (Å²) >= 11 is 1.60. The number of para-hydroxylation sites is 2. The van der Waals surface area contributed by atoms with Crippen LogP contribution in [0.1, 0.15) is 17.0 Å². The summed E-state index contributed by atoms with van der Waals surface area (Å²) in [7, 11) is -3.37. The lowest BCUT2D eigenvalue weighted by Gasteiger charge is -2.37. The third-order valence-corrected chi connectivity index (χ3v) is 7.82. The molecule has 23 heavy (non-hydrogen) atoms. The van der Waals surface area contributed by atoms with Gasteiger partial charge >= 0.3 is 0 Å². The minimum absolute atomic E-state index is 0.121. The van der Waals surface area contributed by atoms with E-state index in [9.17, 15) is 8.42 Å². The van der Waals surface area contributed by atoms with E-state index in [0.717, 1.165) is 27.1 Å². The van der Waals surface area contributed by atoms with Crippen LogP contribution in [0.25, 0.3) is 10.9 Å². The van der Waals surface area contributed by atoms with Gasteiger partial charge in [0.25, 0.3) is 0 Å². The van der Waals surface area contributed by atoms with E-state index in [-0.39, 0.29) is 5.92 Å². The van der Waals surface area contributed by atoms with Gasteiger partial charge in [0, 0.05) is 28.1 Å². The van der Waals surface area contributed by atoms with Crippen LogP contribution in [-0.4, -0.2) is 24.4 Å². The highest BCUT2D eigenvalue weighted by Crippen LogP contribution is 2.50. The summed E-state index contributed by atoms with van der Waals surface area (Å²) in [5, 5.41) is 1.78. The Morgan fingerprint density at radius 2 is 1.83 bits per heavy atom. The van der Waals surface area contributed by atoms with E-state index in [2.05, 4.69) is 15.8 Å². The first kappa shape index (κ1) is 13.5. The third-order valence-electron chi connectivity index (χ3n) is 4.73. The van der Waals surface area contributed by atoms with Gasteiger partial charge in [0.05, 0.1) is 10.7 Å². The maximum Gasteiger partial charge on any atom is 0.237 e. The highest BCUT2D eigenvalue weighted by Gasteiger charge is 2.45. The van der Waals surface area contributed by atoms with E-state index in [1.807, 2.05) is 42.5 Å². The summed E-state index contributed by atoms with van der Waals surface area (Å²) in [6.45, 7) is 0. The monoisotopic (exact) mass is 342 g/mol. The van der Waals surface area contributed by atoms with Gasteiger partial charge in [0.2, 0.25) is 10.0 Å². The Kier molecular flexibility index (Phi) is 2.67. The summed E-state index contributed by atoms with van der Waals surface area (Å²) < 4.78 is 28.2. The van der Waals surface area contributed by atoms with E-state index in [0.29, 0.717) is 11.4 Å². The van der Waals surface area contributed by atoms with E-state index in [4.69, 9.17) is 0 Å². The minimum atomic E-state index is -3.37. The molecular formula is C17H14N2O2S2. The van der Waals surface area contributed by atoms with Crippen molar-refractivity contribution < 1.29 is 8.42 Å². The fraction of sp³-hybridized carbons (Fsp3) is 0.176. The lowest BCUT2D eigenvalue weighted by molar-refractivity contribution is 0.575. The Morgan fingerprint density at radius 3 is 2.74 bits per heavy atom. The van der Waals surface area contributed by atoms with Crippen LogP contribution in [0, 0.1) is 0 Å². The van der Waals surface area contributed by atoms with Gasteiger partial charge in [-0.1, -0.05) is 36.4 Å². The van der Waals surface area contributed by atoms with Gasteiger partial charge in [0.1, 0.15) is 5.25 Å². The molecule has 3 heterocycles. The van der Waals surface area contributed by atoms with Gasteiger partial charge in [-0.15, -0.1) is 11.8 Å². The summed E-state index contributed by atoms with van der Waals surface area (Å²) in [6, 6.07) is 15.9. The number of anilines is 1. The van der Waals surface area contributed by atoms with E-state index < -0.39 is 15.3 Å². The number of rotatable bonds is 0. The zero-order valence-electron chi connectivity index (χ0n) is 12.1. The first-order valence-electron chi connectivity index (χ1n) is 7.49. The molecule has 3 aromatic rings. The number of aromatic nitrogens is 1. The largest absolute Gasteiger partial charge is 0.349 e. The standard InChI is InChI=1S/C17H14N2O2S2/c20-23(21)14-9-22-17-16(10-5-1-3-7-12(10)18-17)15(14)11-6-2-4-8-13(11)19-23/h1-8,14-15,18-19H,9H2. The molecule has 2 aromatic carbocycles. The molecule has 0 saturated heterocycles. The number of fused-ring (bicyclic) bond motifs is 7. The van der Waals surface area contributed by atoms with E-state index in [1.54, 1.807) is 11.8 Å². The van der Waals surface area contributed by atoms with Crippen molar-refractivity contribution in [3.8, 4) is 0 Å². The van der Waals surface area contributed by atoms with Crippen LogP contribution in [0.2, 0.25) is 0 Å². The Bertz CT molecular complexity index is 1040. The molecule has 2 unspecified atom stereocenters. The summed E-state index contributed by atoms with van der Waals surface area (Å²) in [5.41, 5.74) is 3.97. The fourth-order valence-corrected chi connectivity index (χ4v) is 7.03. The summed E-state index contributed by atoms with van der Waals surface area (Å²) in [5.74, 6) is 0.443. The van der Waals surface area contributed by atoms with Crippen molar-refractivity contribution in [2.24, 2.45) is 0 Å². The van der Waals surface area contributed by atoms with Gasteiger partial charge in [-0.05, 0) is 17.7 Å². The zero-order chi connectivity index (χ0) is 15.6. The van der Waals surface area contributed by atoms with Crippen molar-refractivity contribution in [1.29, 1.82) is 0 Å². The maximum absolute atomic E-state index is 12.7. The molecule has 4 nitrogen and oxygen atoms in total. The Labute approximate surface area is 138 Å². The molecule has 5 rings (SSSR count). The number of hydrogen-bond donors (Lipinski definition) is 2. The molecule has 2 aliphatic heterocycles. The van der Waals surface area contributed by atoms with Crippen LogP contribution in [-0.2, 0) is 10.0 Å². The lowest BCUT2D eigenvalue weighted by atomic mass is 9.87. The molecule has 1 aromatic heterocycles. The molecule has 0 bridgehead atoms. The lowest BCUT2D eigenvalue weighted by Crippen LogP contribution is -2.41. The van der Waals surface area contributed by atoms with Crippen molar-refractivity contribution in [1.82, 2.24) is 4.98 Å². The number of benzene rings is 2. The topological polar surface area (TPSA) is 62.0 Å². The van der Waals surface area contributed by atoms with Gasteiger partial charge in [-0.2, -0.15) is 0 Å². The van der Waals surface area contributed by atoms with Crippen LogP contribution in [0.3, 0.4) is 0 Å². The number of nitrogens with one attached hydrogen (secondary N) is 2. The van der Waals surface area contributed by atoms with E-state index >= 15 is 0 Å². The molecule has 116 valence electrons. The van der Waals surface area contributed by atoms with Gasteiger partial charge in [0.15, 0.2) is 0 Å². The number of hydrogen-bond acceptors (Lipinski definition) is 3. The predicted octanol–water partition coefficient (Wildman–Crippen LogP) is 3.53. The van der Waals surface area contributed by atoms with Crippen molar-refractivity contribution in [3.05, 3.63) is 59.7 Å². The summed E-state index contributed by atoms with van der Waals surface area (Å²) in [4.78, 5) is 3.45. The van der Waals surface area contributed by atoms with Crippen molar-refractivity contribution in [3.63, 3.8) is 0 Å². The molecule has 6 heteroatoms. The van der Waals surface area contributed by atoms with Gasteiger partial charge < -0.3 is 4.98 Å². The summed E-state index contributed by atoms with van der Waals surface area (Å²) in [6.07, 6.45) is 0. The molecule has 2 N–H and O–H groups in total. The van der Waals surface area contributed by atoms with Gasteiger partial charge in [-0.3, -0.25) is 4.72 Å². The molecule has 0 spiro atoms. The average Bonchev–Trinajstić information content (AvgIpc) is 2.92. The molecule has 0 fully saturated rings. The Balaban J connectivity index is 1.87. The van der Waals surface area contributed by atoms with Crippen molar-refractivity contribution >= 4 is 38.4 Å². The number of thioether (sulfide) groups is 1. The normalized spacial score (nSPS) is 24.3. The van der Waals surface area contributed by atoms with Crippen molar-refractivity contribution in [2.45, 2.75) is 16.2 Å². The second-order valence-electron chi connectivity index (χ2n) is 5.97. The molecule has 0 saturated carbocycles.